The zero-order valence-corrected chi connectivity index (χ0v) is 10.3. The van der Waals surface area contributed by atoms with E-state index in [9.17, 15) is 8.78 Å². The molecule has 0 aromatic heterocycles. The molecule has 2 atom stereocenters. The first-order chi connectivity index (χ1) is 8.22. The predicted molar refractivity (Wildman–Crippen MR) is 63.8 cm³/mol. The van der Waals surface area contributed by atoms with Crippen molar-refractivity contribution in [2.75, 3.05) is 6.54 Å². The van der Waals surface area contributed by atoms with Gasteiger partial charge in [-0.2, -0.15) is 0 Å². The van der Waals surface area contributed by atoms with E-state index in [-0.39, 0.29) is 5.56 Å². The van der Waals surface area contributed by atoms with Crippen LogP contribution in [0.25, 0.3) is 0 Å². The Bertz CT molecular complexity index is 358. The van der Waals surface area contributed by atoms with E-state index in [4.69, 9.17) is 0 Å². The fraction of sp³-hybridized carbons (Fsp3) is 0.571. The van der Waals surface area contributed by atoms with E-state index in [1.165, 1.54) is 42.4 Å². The Morgan fingerprint density at radius 2 is 1.94 bits per heavy atom. The largest absolute Gasteiger partial charge is 0.329 e. The van der Waals surface area contributed by atoms with E-state index in [0.29, 0.717) is 12.6 Å². The maximum absolute atomic E-state index is 13.6. The van der Waals surface area contributed by atoms with Crippen molar-refractivity contribution in [3.05, 3.63) is 35.4 Å². The van der Waals surface area contributed by atoms with Gasteiger partial charge in [0.05, 0.1) is 18.2 Å². The van der Waals surface area contributed by atoms with Crippen molar-refractivity contribution in [2.24, 2.45) is 0 Å². The van der Waals surface area contributed by atoms with E-state index in [0.717, 1.165) is 13.0 Å². The van der Waals surface area contributed by atoms with Gasteiger partial charge < -0.3 is 4.90 Å². The van der Waals surface area contributed by atoms with Crippen LogP contribution >= 0.6 is 0 Å². The lowest BCUT2D eigenvalue weighted by Crippen LogP contribution is -3.15. The molecule has 3 heteroatoms. The summed E-state index contributed by atoms with van der Waals surface area (Å²) in [4.78, 5) is 1.34. The number of quaternary nitrogens is 1. The van der Waals surface area contributed by atoms with Gasteiger partial charge >= 0.3 is 0 Å². The summed E-state index contributed by atoms with van der Waals surface area (Å²) in [5.41, 5.74) is 0.253. The van der Waals surface area contributed by atoms with Crippen LogP contribution in [0.3, 0.4) is 0 Å². The van der Waals surface area contributed by atoms with Crippen molar-refractivity contribution in [3.8, 4) is 0 Å². The molecule has 0 radical (unpaired) electrons. The van der Waals surface area contributed by atoms with Crippen molar-refractivity contribution in [1.82, 2.24) is 0 Å². The Morgan fingerprint density at radius 3 is 2.59 bits per heavy atom. The lowest BCUT2D eigenvalue weighted by atomic mass is 9.99. The normalized spacial score (nSPS) is 24.9. The molecule has 1 aromatic rings. The summed E-state index contributed by atoms with van der Waals surface area (Å²) >= 11 is 0. The van der Waals surface area contributed by atoms with Gasteiger partial charge in [0.2, 0.25) is 0 Å². The Morgan fingerprint density at radius 1 is 1.24 bits per heavy atom. The van der Waals surface area contributed by atoms with E-state index < -0.39 is 11.6 Å². The number of piperidine rings is 1. The minimum Gasteiger partial charge on any atom is -0.329 e. The molecular formula is C14H20F2N+. The van der Waals surface area contributed by atoms with Crippen LogP contribution in [0.1, 0.15) is 38.2 Å². The van der Waals surface area contributed by atoms with Crippen LogP contribution in [-0.2, 0) is 6.54 Å². The fourth-order valence-corrected chi connectivity index (χ4v) is 2.80. The number of likely N-dealkylation sites (tertiary alicyclic amines) is 1. The third-order valence-corrected chi connectivity index (χ3v) is 3.84. The molecule has 1 aliphatic rings. The molecule has 1 unspecified atom stereocenters. The van der Waals surface area contributed by atoms with Crippen molar-refractivity contribution in [3.63, 3.8) is 0 Å². The maximum atomic E-state index is 13.6. The van der Waals surface area contributed by atoms with Gasteiger partial charge in [-0.1, -0.05) is 13.0 Å². The molecule has 1 N–H and O–H groups in total. The Labute approximate surface area is 101 Å². The van der Waals surface area contributed by atoms with Crippen LogP contribution in [-0.4, -0.2) is 12.6 Å². The number of halogens is 2. The molecule has 17 heavy (non-hydrogen) atoms. The second-order valence-electron chi connectivity index (χ2n) is 4.89. The minimum atomic E-state index is -0.405. The Kier molecular flexibility index (Phi) is 4.11. The van der Waals surface area contributed by atoms with Crippen LogP contribution in [0.15, 0.2) is 18.2 Å². The molecule has 1 aliphatic heterocycles. The van der Waals surface area contributed by atoms with Gasteiger partial charge in [-0.15, -0.1) is 0 Å². The van der Waals surface area contributed by atoms with Gasteiger partial charge in [0.1, 0.15) is 18.2 Å². The molecule has 0 spiro atoms. The zero-order chi connectivity index (χ0) is 12.3. The molecule has 94 valence electrons. The highest BCUT2D eigenvalue weighted by Crippen LogP contribution is 2.12. The van der Waals surface area contributed by atoms with E-state index >= 15 is 0 Å². The molecular weight excluding hydrogens is 220 g/mol. The van der Waals surface area contributed by atoms with Crippen molar-refractivity contribution in [1.29, 1.82) is 0 Å². The summed E-state index contributed by atoms with van der Waals surface area (Å²) in [7, 11) is 0. The topological polar surface area (TPSA) is 4.44 Å². The minimum absolute atomic E-state index is 0.253. The molecule has 1 heterocycles. The summed E-state index contributed by atoms with van der Waals surface area (Å²) in [6, 6.07) is 4.69. The fourth-order valence-electron chi connectivity index (χ4n) is 2.80. The molecule has 1 fully saturated rings. The summed E-state index contributed by atoms with van der Waals surface area (Å²) in [5, 5.41) is 0. The smallest absolute Gasteiger partial charge is 0.135 e. The quantitative estimate of drug-likeness (QED) is 0.827. The van der Waals surface area contributed by atoms with E-state index in [1.54, 1.807) is 0 Å². The molecule has 0 saturated carbocycles. The summed E-state index contributed by atoms with van der Waals surface area (Å²) in [5.74, 6) is -0.809. The van der Waals surface area contributed by atoms with Crippen LogP contribution in [0.2, 0.25) is 0 Å². The molecule has 0 bridgehead atoms. The highest BCUT2D eigenvalue weighted by molar-refractivity contribution is 5.18. The van der Waals surface area contributed by atoms with E-state index in [1.807, 2.05) is 0 Å². The van der Waals surface area contributed by atoms with Gasteiger partial charge in [0.25, 0.3) is 0 Å². The SMILES string of the molecule is CC[C@H]1CCCC[NH+]1Cc1c(F)cccc1F. The second-order valence-corrected chi connectivity index (χ2v) is 4.89. The lowest BCUT2D eigenvalue weighted by Gasteiger charge is -2.32. The molecule has 1 saturated heterocycles. The molecule has 0 aliphatic carbocycles. The van der Waals surface area contributed by atoms with Crippen LogP contribution in [0.4, 0.5) is 8.78 Å². The van der Waals surface area contributed by atoms with Crippen molar-refractivity contribution in [2.45, 2.75) is 45.2 Å². The first-order valence-corrected chi connectivity index (χ1v) is 6.49. The third kappa shape index (κ3) is 2.83. The average molecular weight is 240 g/mol. The van der Waals surface area contributed by atoms with Crippen LogP contribution < -0.4 is 4.90 Å². The predicted octanol–water partition coefficient (Wildman–Crippen LogP) is 2.31. The van der Waals surface area contributed by atoms with Gasteiger partial charge in [-0.05, 0) is 37.8 Å². The van der Waals surface area contributed by atoms with Gasteiger partial charge in [-0.3, -0.25) is 0 Å². The van der Waals surface area contributed by atoms with Gasteiger partial charge in [0.15, 0.2) is 0 Å². The first kappa shape index (κ1) is 12.5. The highest BCUT2D eigenvalue weighted by atomic mass is 19.1. The highest BCUT2D eigenvalue weighted by Gasteiger charge is 2.26. The Balaban J connectivity index is 2.13. The monoisotopic (exact) mass is 240 g/mol. The first-order valence-electron chi connectivity index (χ1n) is 6.49. The number of hydrogen-bond donors (Lipinski definition) is 1. The molecule has 1 nitrogen and oxygen atoms in total. The van der Waals surface area contributed by atoms with Crippen molar-refractivity contribution >= 4 is 0 Å². The van der Waals surface area contributed by atoms with Gasteiger partial charge in [0, 0.05) is 0 Å². The summed E-state index contributed by atoms with van der Waals surface area (Å²) < 4.78 is 27.2. The molecule has 1 aromatic carbocycles. The number of nitrogens with one attached hydrogen (secondary N) is 1. The number of benzene rings is 1. The zero-order valence-electron chi connectivity index (χ0n) is 10.3. The lowest BCUT2D eigenvalue weighted by molar-refractivity contribution is -0.944. The summed E-state index contributed by atoms with van der Waals surface area (Å²) in [6.45, 7) is 3.68. The molecule has 0 amide bonds. The van der Waals surface area contributed by atoms with Gasteiger partial charge in [-0.25, -0.2) is 8.78 Å². The second kappa shape index (κ2) is 5.58. The number of rotatable bonds is 3. The van der Waals surface area contributed by atoms with Crippen molar-refractivity contribution < 1.29 is 13.7 Å². The maximum Gasteiger partial charge on any atom is 0.135 e. The Hall–Kier alpha value is -0.960. The van der Waals surface area contributed by atoms with E-state index in [2.05, 4.69) is 6.92 Å². The number of hydrogen-bond acceptors (Lipinski definition) is 0. The standard InChI is InChI=1S/C14H19F2N/c1-2-11-6-3-4-9-17(11)10-12-13(15)7-5-8-14(12)16/h5,7-8,11H,2-4,6,9-10H2,1H3/p+1/t11-/m0/s1. The summed E-state index contributed by atoms with van der Waals surface area (Å²) in [6.07, 6.45) is 4.69. The van der Waals surface area contributed by atoms with Crippen LogP contribution in [0.5, 0.6) is 0 Å². The average Bonchev–Trinajstić information content (AvgIpc) is 2.34. The molecule has 2 rings (SSSR count). The third-order valence-electron chi connectivity index (χ3n) is 3.84. The van der Waals surface area contributed by atoms with Crippen LogP contribution in [0, 0.1) is 11.6 Å².